The van der Waals surface area contributed by atoms with Crippen LogP contribution in [0.2, 0.25) is 0 Å². The van der Waals surface area contributed by atoms with Crippen LogP contribution in [0.25, 0.3) is 10.9 Å². The molecule has 0 unspecified atom stereocenters. The minimum atomic E-state index is 0.352. The Balaban J connectivity index is 1.12. The number of H-pyrrole nitrogens is 1. The highest BCUT2D eigenvalue weighted by atomic mass is 15.3. The van der Waals surface area contributed by atoms with Crippen molar-refractivity contribution in [2.45, 2.75) is 33.1 Å². The van der Waals surface area contributed by atoms with Crippen LogP contribution in [0.1, 0.15) is 31.4 Å². The molecule has 5 nitrogen and oxygen atoms in total. The molecule has 3 aromatic rings. The predicted molar refractivity (Wildman–Crippen MR) is 125 cm³/mol. The third kappa shape index (κ3) is 4.04. The molecule has 5 heteroatoms. The Kier molecular flexibility index (Phi) is 5.15. The molecule has 0 spiro atoms. The molecule has 3 heterocycles. The van der Waals surface area contributed by atoms with Crippen LogP contribution in [0.15, 0.2) is 42.5 Å². The molecule has 1 fully saturated rings. The monoisotopic (exact) mass is 403 g/mol. The lowest BCUT2D eigenvalue weighted by Gasteiger charge is -2.35. The van der Waals surface area contributed by atoms with E-state index in [1.165, 1.54) is 41.6 Å². The maximum atomic E-state index is 4.57. The zero-order chi connectivity index (χ0) is 20.6. The summed E-state index contributed by atoms with van der Waals surface area (Å²) in [7, 11) is 0. The Labute approximate surface area is 179 Å². The van der Waals surface area contributed by atoms with Gasteiger partial charge in [0, 0.05) is 43.8 Å². The third-order valence-corrected chi connectivity index (χ3v) is 6.66. The number of piperazine rings is 1. The number of para-hydroxylation sites is 1. The zero-order valence-corrected chi connectivity index (χ0v) is 18.2. The largest absolute Gasteiger partial charge is 0.384 e. The smallest absolute Gasteiger partial charge is 0.158 e. The van der Waals surface area contributed by atoms with Gasteiger partial charge in [0.05, 0.1) is 5.52 Å². The summed E-state index contributed by atoms with van der Waals surface area (Å²) >= 11 is 0. The second-order valence-corrected chi connectivity index (χ2v) is 9.71. The van der Waals surface area contributed by atoms with E-state index >= 15 is 0 Å². The van der Waals surface area contributed by atoms with Crippen LogP contribution in [0, 0.1) is 5.41 Å². The van der Waals surface area contributed by atoms with Crippen molar-refractivity contribution in [2.75, 3.05) is 49.5 Å². The maximum absolute atomic E-state index is 4.57. The van der Waals surface area contributed by atoms with Crippen LogP contribution in [0.4, 0.5) is 11.5 Å². The summed E-state index contributed by atoms with van der Waals surface area (Å²) in [5, 5.41) is 12.6. The first kappa shape index (κ1) is 19.4. The number of benzene rings is 2. The van der Waals surface area contributed by atoms with E-state index < -0.39 is 0 Å². The number of nitrogens with one attached hydrogen (secondary N) is 2. The molecule has 5 rings (SSSR count). The van der Waals surface area contributed by atoms with Gasteiger partial charge in [0.15, 0.2) is 5.82 Å². The molecule has 30 heavy (non-hydrogen) atoms. The van der Waals surface area contributed by atoms with E-state index in [4.69, 9.17) is 0 Å². The Hall–Kier alpha value is -2.53. The molecule has 2 aliphatic heterocycles. The second kappa shape index (κ2) is 7.95. The van der Waals surface area contributed by atoms with Crippen LogP contribution < -0.4 is 10.2 Å². The molecule has 158 valence electrons. The first-order chi connectivity index (χ1) is 14.6. The van der Waals surface area contributed by atoms with Crippen molar-refractivity contribution in [2.24, 2.45) is 5.41 Å². The summed E-state index contributed by atoms with van der Waals surface area (Å²) < 4.78 is 0. The minimum Gasteiger partial charge on any atom is -0.384 e. The highest BCUT2D eigenvalue weighted by Gasteiger charge is 2.25. The minimum absolute atomic E-state index is 0.352. The van der Waals surface area contributed by atoms with Crippen LogP contribution in [0.5, 0.6) is 0 Å². The van der Waals surface area contributed by atoms with Gasteiger partial charge in [0.1, 0.15) is 0 Å². The number of aromatic amines is 1. The Morgan fingerprint density at radius 3 is 2.73 bits per heavy atom. The predicted octanol–water partition coefficient (Wildman–Crippen LogP) is 4.31. The van der Waals surface area contributed by atoms with Crippen LogP contribution in [-0.4, -0.2) is 54.4 Å². The SMILES string of the molecule is CC1(C)CNc2ccc(CCCN3CCN(c4n[nH]c5ccccc45)CC3)cc2C1. The summed E-state index contributed by atoms with van der Waals surface area (Å²) in [6, 6.07) is 15.4. The van der Waals surface area contributed by atoms with Crippen molar-refractivity contribution in [1.29, 1.82) is 0 Å². The zero-order valence-electron chi connectivity index (χ0n) is 18.2. The molecule has 2 aliphatic rings. The maximum Gasteiger partial charge on any atom is 0.158 e. The molecule has 0 bridgehead atoms. The van der Waals surface area contributed by atoms with Gasteiger partial charge >= 0.3 is 0 Å². The third-order valence-electron chi connectivity index (χ3n) is 6.66. The quantitative estimate of drug-likeness (QED) is 0.666. The van der Waals surface area contributed by atoms with Gasteiger partial charge in [-0.3, -0.25) is 10.00 Å². The summed E-state index contributed by atoms with van der Waals surface area (Å²) in [5.41, 5.74) is 5.78. The molecule has 0 aliphatic carbocycles. The van der Waals surface area contributed by atoms with Gasteiger partial charge in [0.2, 0.25) is 0 Å². The summed E-state index contributed by atoms with van der Waals surface area (Å²) in [5.74, 6) is 1.11. The molecule has 0 amide bonds. The van der Waals surface area contributed by atoms with Crippen molar-refractivity contribution in [3.05, 3.63) is 53.6 Å². The van der Waals surface area contributed by atoms with E-state index in [2.05, 4.69) is 81.6 Å². The van der Waals surface area contributed by atoms with Gasteiger partial charge in [-0.1, -0.05) is 38.1 Å². The van der Waals surface area contributed by atoms with E-state index in [1.807, 2.05) is 0 Å². The van der Waals surface area contributed by atoms with Gasteiger partial charge in [-0.25, -0.2) is 0 Å². The highest BCUT2D eigenvalue weighted by molar-refractivity contribution is 5.90. The van der Waals surface area contributed by atoms with Crippen LogP contribution in [0.3, 0.4) is 0 Å². The first-order valence-corrected chi connectivity index (χ1v) is 11.3. The van der Waals surface area contributed by atoms with Crippen molar-refractivity contribution in [3.63, 3.8) is 0 Å². The molecule has 2 N–H and O–H groups in total. The van der Waals surface area contributed by atoms with E-state index in [9.17, 15) is 0 Å². The lowest BCUT2D eigenvalue weighted by atomic mass is 9.81. The lowest BCUT2D eigenvalue weighted by molar-refractivity contribution is 0.254. The van der Waals surface area contributed by atoms with Crippen LogP contribution >= 0.6 is 0 Å². The summed E-state index contributed by atoms with van der Waals surface area (Å²) in [4.78, 5) is 5.03. The standard InChI is InChI=1S/C25H33N5/c1-25(2)17-20-16-19(9-10-22(20)26-18-25)6-5-11-29-12-14-30(15-13-29)24-21-7-3-4-8-23(21)27-28-24/h3-4,7-10,16,26H,5-6,11-15,17-18H2,1-2H3,(H,27,28). The normalized spacial score (nSPS) is 18.9. The van der Waals surface area contributed by atoms with E-state index in [0.29, 0.717) is 5.41 Å². The number of anilines is 2. The van der Waals surface area contributed by atoms with Crippen molar-refractivity contribution in [1.82, 2.24) is 15.1 Å². The summed E-state index contributed by atoms with van der Waals surface area (Å²) in [6.45, 7) is 11.3. The molecule has 2 aromatic carbocycles. The first-order valence-electron chi connectivity index (χ1n) is 11.3. The fraction of sp³-hybridized carbons (Fsp3) is 0.480. The molecule has 1 saturated heterocycles. The van der Waals surface area contributed by atoms with E-state index in [0.717, 1.165) is 50.5 Å². The number of aryl methyl sites for hydroxylation is 1. The van der Waals surface area contributed by atoms with E-state index in [1.54, 1.807) is 0 Å². The fourth-order valence-electron chi connectivity index (χ4n) is 4.91. The Bertz CT molecular complexity index is 1010. The molecule has 0 saturated carbocycles. The molecule has 0 atom stereocenters. The Morgan fingerprint density at radius 2 is 1.87 bits per heavy atom. The number of nitrogens with zero attached hydrogens (tertiary/aromatic N) is 3. The van der Waals surface area contributed by atoms with Crippen molar-refractivity contribution >= 4 is 22.4 Å². The van der Waals surface area contributed by atoms with Crippen molar-refractivity contribution < 1.29 is 0 Å². The number of fused-ring (bicyclic) bond motifs is 2. The molecular weight excluding hydrogens is 370 g/mol. The van der Waals surface area contributed by atoms with Gasteiger partial charge < -0.3 is 10.2 Å². The average molecular weight is 404 g/mol. The second-order valence-electron chi connectivity index (χ2n) is 9.71. The van der Waals surface area contributed by atoms with Gasteiger partial charge in [0.25, 0.3) is 0 Å². The Morgan fingerprint density at radius 1 is 1.03 bits per heavy atom. The van der Waals surface area contributed by atoms with Crippen LogP contribution in [-0.2, 0) is 12.8 Å². The van der Waals surface area contributed by atoms with Gasteiger partial charge in [-0.05, 0) is 60.5 Å². The highest BCUT2D eigenvalue weighted by Crippen LogP contribution is 2.32. The number of hydrogen-bond donors (Lipinski definition) is 2. The van der Waals surface area contributed by atoms with Gasteiger partial charge in [-0.2, -0.15) is 5.10 Å². The number of hydrogen-bond acceptors (Lipinski definition) is 4. The van der Waals surface area contributed by atoms with Crippen molar-refractivity contribution in [3.8, 4) is 0 Å². The summed E-state index contributed by atoms with van der Waals surface area (Å²) in [6.07, 6.45) is 3.56. The number of rotatable bonds is 5. The average Bonchev–Trinajstić information content (AvgIpc) is 3.18. The molecule has 1 aromatic heterocycles. The number of aromatic nitrogens is 2. The van der Waals surface area contributed by atoms with Gasteiger partial charge in [-0.15, -0.1) is 0 Å². The molecular formula is C25H33N5. The lowest BCUT2D eigenvalue weighted by Crippen LogP contribution is -2.46. The fourth-order valence-corrected chi connectivity index (χ4v) is 4.91. The molecule has 0 radical (unpaired) electrons. The van der Waals surface area contributed by atoms with E-state index in [-0.39, 0.29) is 0 Å². The topological polar surface area (TPSA) is 47.2 Å².